The van der Waals surface area contributed by atoms with Gasteiger partial charge in [-0.05, 0) is 159 Å². The van der Waals surface area contributed by atoms with Gasteiger partial charge < -0.3 is 30.7 Å². The molecular weight excluding hydrogens is 703 g/mol. The molecule has 0 unspecified atom stereocenters. The van der Waals surface area contributed by atoms with Crippen molar-refractivity contribution in [2.75, 3.05) is 26.9 Å². The van der Waals surface area contributed by atoms with Crippen LogP contribution in [0.3, 0.4) is 0 Å². The number of ether oxygens (including phenoxy) is 2. The number of carboxylic acids is 1. The first-order chi connectivity index (χ1) is 26.4. The lowest BCUT2D eigenvalue weighted by Gasteiger charge is -2.72. The van der Waals surface area contributed by atoms with Gasteiger partial charge in [-0.2, -0.15) is 0 Å². The monoisotopic (exact) mass is 772 g/mol. The minimum Gasteiger partial charge on any atom is -0.481 e. The quantitative estimate of drug-likeness (QED) is 0.156. The number of nitrogens with one attached hydrogen (secondary N) is 1. The number of pyridine rings is 1. The summed E-state index contributed by atoms with van der Waals surface area (Å²) >= 11 is 0. The molecule has 4 fully saturated rings. The van der Waals surface area contributed by atoms with Crippen LogP contribution in [0.5, 0.6) is 5.88 Å². The second-order valence-electron chi connectivity index (χ2n) is 20.4. The summed E-state index contributed by atoms with van der Waals surface area (Å²) in [5.41, 5.74) is 9.20. The van der Waals surface area contributed by atoms with Gasteiger partial charge >= 0.3 is 5.97 Å². The number of nitrogens with two attached hydrogens (primary N) is 1. The van der Waals surface area contributed by atoms with E-state index in [9.17, 15) is 19.8 Å². The fourth-order valence-electron chi connectivity index (χ4n) is 14.6. The van der Waals surface area contributed by atoms with Crippen LogP contribution in [0.4, 0.5) is 0 Å². The molecule has 11 atom stereocenters. The molecule has 7 rings (SSSR count). The number of carbonyl (C=O) groups is 2. The number of fused-ring (bicyclic) bond motifs is 7. The molecule has 0 radical (unpaired) electrons. The molecule has 1 aromatic heterocycles. The number of allylic oxidation sites excluding steroid dienone is 5. The van der Waals surface area contributed by atoms with Gasteiger partial charge in [-0.3, -0.25) is 9.59 Å². The molecule has 0 aliphatic heterocycles. The minimum atomic E-state index is -1.11. The Kier molecular flexibility index (Phi) is 10.8. The number of rotatable bonds is 12. The number of aliphatic carboxylic acids is 1. The van der Waals surface area contributed by atoms with Crippen molar-refractivity contribution in [3.63, 3.8) is 0 Å². The first-order valence-corrected chi connectivity index (χ1v) is 21.5. The molecule has 1 heterocycles. The molecule has 0 aromatic carbocycles. The van der Waals surface area contributed by atoms with Crippen LogP contribution in [-0.2, 0) is 9.53 Å². The van der Waals surface area contributed by atoms with Crippen LogP contribution in [0.25, 0.3) is 0 Å². The van der Waals surface area contributed by atoms with E-state index in [1.54, 1.807) is 19.2 Å². The van der Waals surface area contributed by atoms with Gasteiger partial charge in [-0.25, -0.2) is 4.98 Å². The predicted molar refractivity (Wildman–Crippen MR) is 219 cm³/mol. The first kappa shape index (κ1) is 41.2. The second-order valence-corrected chi connectivity index (χ2v) is 20.4. The minimum absolute atomic E-state index is 0.0419. The van der Waals surface area contributed by atoms with Crippen molar-refractivity contribution >= 4 is 11.9 Å². The molecule has 56 heavy (non-hydrogen) atoms. The number of hydrogen-bond acceptors (Lipinski definition) is 7. The van der Waals surface area contributed by atoms with Crippen LogP contribution in [0.1, 0.15) is 129 Å². The number of β-amino-alcohol motifs (C(OH)–C–C–N with tert-alkyl or cyclic N) is 1. The lowest BCUT2D eigenvalue weighted by molar-refractivity contribution is -0.221. The largest absolute Gasteiger partial charge is 0.481 e. The van der Waals surface area contributed by atoms with Crippen LogP contribution in [0.15, 0.2) is 53.8 Å². The molecule has 6 aliphatic carbocycles. The van der Waals surface area contributed by atoms with Crippen molar-refractivity contribution in [3.05, 3.63) is 59.3 Å². The van der Waals surface area contributed by atoms with Crippen LogP contribution < -0.4 is 15.8 Å². The van der Waals surface area contributed by atoms with E-state index < -0.39 is 23.4 Å². The maximum atomic E-state index is 12.8. The standard InChI is InChI=1S/C47H69N3O6/c1-29(2)32-15-22-47(50-26-31(51)27-55-8)24-23-44(6)35(38(32)47)11-12-37-43(5)18-16-34(42(3,4)36(43)17-19-45(37,44)7)30-13-20-46(21-14-30,41(53)54)28-56-40-33(39(48)52)10-9-25-49-40/h9-10,13,16,25,31-32,35-38,50-51H,1,11-12,14-15,17-24,26-28H2,2-8H3,(H2,48,52)(H,53,54)/t31-,32+,35-,36+,37-,38-,43+,44-,45-,46+,47+/m1/s1. The molecule has 9 nitrogen and oxygen atoms in total. The Morgan fingerprint density at radius 1 is 1.00 bits per heavy atom. The Morgan fingerprint density at radius 3 is 2.43 bits per heavy atom. The van der Waals surface area contributed by atoms with Crippen molar-refractivity contribution < 1.29 is 29.3 Å². The molecule has 1 aromatic rings. The summed E-state index contributed by atoms with van der Waals surface area (Å²) in [5, 5.41) is 25.2. The number of aliphatic hydroxyl groups is 1. The number of hydrogen-bond donors (Lipinski definition) is 4. The van der Waals surface area contributed by atoms with Gasteiger partial charge in [0.25, 0.3) is 5.91 Å². The molecular formula is C47H69N3O6. The summed E-state index contributed by atoms with van der Waals surface area (Å²) < 4.78 is 11.2. The van der Waals surface area contributed by atoms with Gasteiger partial charge in [-0.15, -0.1) is 0 Å². The number of aromatic nitrogens is 1. The molecule has 5 N–H and O–H groups in total. The first-order valence-electron chi connectivity index (χ1n) is 21.5. The van der Waals surface area contributed by atoms with Crippen molar-refractivity contribution in [2.45, 2.75) is 130 Å². The van der Waals surface area contributed by atoms with E-state index in [1.807, 2.05) is 0 Å². The highest BCUT2D eigenvalue weighted by molar-refractivity contribution is 5.95. The summed E-state index contributed by atoms with van der Waals surface area (Å²) in [5.74, 6) is 1.34. The Morgan fingerprint density at radius 2 is 1.77 bits per heavy atom. The molecule has 0 spiro atoms. The van der Waals surface area contributed by atoms with Gasteiger partial charge in [0.1, 0.15) is 17.6 Å². The maximum Gasteiger partial charge on any atom is 0.313 e. The van der Waals surface area contributed by atoms with E-state index in [2.05, 4.69) is 70.6 Å². The summed E-state index contributed by atoms with van der Waals surface area (Å²) in [6.45, 7) is 20.6. The van der Waals surface area contributed by atoms with E-state index in [1.165, 1.54) is 61.4 Å². The van der Waals surface area contributed by atoms with E-state index in [0.29, 0.717) is 62.0 Å². The number of carboxylic acid groups (broad SMARTS) is 1. The second kappa shape index (κ2) is 14.7. The SMILES string of the molecule is C=C(C)[C@@H]1CC[C@]2(NC[C@@H](O)COC)CC[C@]3(C)[C@H](CC[C@@H]4[C@@]5(C)CC=C(C6=CC[C@](COc7ncccc7C(N)=O)(C(=O)O)CC6)C(C)(C)[C@@H]5CC[C@]43C)[C@@H]12. The summed E-state index contributed by atoms with van der Waals surface area (Å²) in [4.78, 5) is 28.9. The zero-order valence-electron chi connectivity index (χ0n) is 35.2. The number of primary amides is 1. The summed E-state index contributed by atoms with van der Waals surface area (Å²) in [7, 11) is 1.66. The lowest BCUT2D eigenvalue weighted by Crippen LogP contribution is -2.68. The average molecular weight is 772 g/mol. The Labute approximate surface area is 335 Å². The number of carbonyl (C=O) groups excluding carboxylic acids is 1. The number of methoxy groups -OCH3 is 1. The van der Waals surface area contributed by atoms with Crippen molar-refractivity contribution in [2.24, 2.45) is 62.4 Å². The molecule has 9 heteroatoms. The molecule has 6 aliphatic rings. The lowest BCUT2D eigenvalue weighted by atomic mass is 9.33. The Balaban J connectivity index is 1.13. The van der Waals surface area contributed by atoms with Crippen molar-refractivity contribution in [1.29, 1.82) is 0 Å². The highest BCUT2D eigenvalue weighted by atomic mass is 16.5. The molecule has 0 bridgehead atoms. The number of amides is 1. The van der Waals surface area contributed by atoms with Crippen LogP contribution in [-0.4, -0.2) is 65.6 Å². The maximum absolute atomic E-state index is 12.8. The Hall–Kier alpha value is -3.01. The predicted octanol–water partition coefficient (Wildman–Crippen LogP) is 8.28. The van der Waals surface area contributed by atoms with Gasteiger partial charge in [0.05, 0.1) is 12.7 Å². The highest BCUT2D eigenvalue weighted by Crippen LogP contribution is 2.76. The van der Waals surface area contributed by atoms with Crippen LogP contribution in [0, 0.1) is 56.7 Å². The zero-order valence-corrected chi connectivity index (χ0v) is 35.2. The van der Waals surface area contributed by atoms with Crippen LogP contribution in [0.2, 0.25) is 0 Å². The molecule has 1 amide bonds. The Bertz CT molecular complexity index is 1790. The van der Waals surface area contributed by atoms with Gasteiger partial charge in [0, 0.05) is 25.4 Å². The number of nitrogens with zero attached hydrogens (tertiary/aromatic N) is 1. The van der Waals surface area contributed by atoms with E-state index in [-0.39, 0.29) is 45.2 Å². The fraction of sp³-hybridized carbons (Fsp3) is 0.723. The van der Waals surface area contributed by atoms with E-state index in [4.69, 9.17) is 15.2 Å². The van der Waals surface area contributed by atoms with Gasteiger partial charge in [0.2, 0.25) is 5.88 Å². The smallest absolute Gasteiger partial charge is 0.313 e. The average Bonchev–Trinajstić information content (AvgIpc) is 3.54. The van der Waals surface area contributed by atoms with E-state index in [0.717, 1.165) is 19.3 Å². The van der Waals surface area contributed by atoms with Crippen molar-refractivity contribution in [3.8, 4) is 5.88 Å². The number of aliphatic hydroxyl groups excluding tert-OH is 1. The summed E-state index contributed by atoms with van der Waals surface area (Å²) in [6, 6.07) is 3.16. The zero-order chi connectivity index (χ0) is 40.5. The molecule has 308 valence electrons. The summed E-state index contributed by atoms with van der Waals surface area (Å²) in [6.07, 6.45) is 17.9. The third-order valence-corrected chi connectivity index (χ3v) is 17.6. The van der Waals surface area contributed by atoms with Crippen LogP contribution >= 0.6 is 0 Å². The van der Waals surface area contributed by atoms with Gasteiger partial charge in [0.15, 0.2) is 0 Å². The normalized spacial score (nSPS) is 40.5. The van der Waals surface area contributed by atoms with E-state index >= 15 is 0 Å². The fourth-order valence-corrected chi connectivity index (χ4v) is 14.6. The highest BCUT2D eigenvalue weighted by Gasteiger charge is 2.70. The third-order valence-electron chi connectivity index (χ3n) is 17.6. The molecule has 4 saturated carbocycles. The van der Waals surface area contributed by atoms with Gasteiger partial charge in [-0.1, -0.05) is 58.9 Å². The van der Waals surface area contributed by atoms with Crippen molar-refractivity contribution in [1.82, 2.24) is 10.3 Å². The molecule has 0 saturated heterocycles. The topological polar surface area (TPSA) is 144 Å². The third kappa shape index (κ3) is 6.32.